The molecule has 1 saturated heterocycles. The molecule has 4 aromatic rings. The van der Waals surface area contributed by atoms with Gasteiger partial charge in [-0.25, -0.2) is 8.78 Å². The number of anilines is 1. The number of halogens is 5. The number of methoxy groups -OCH3 is 1. The van der Waals surface area contributed by atoms with Gasteiger partial charge >= 0.3 is 6.18 Å². The van der Waals surface area contributed by atoms with E-state index in [4.69, 9.17) is 13.7 Å². The van der Waals surface area contributed by atoms with Gasteiger partial charge in [0.1, 0.15) is 12.6 Å². The molecule has 1 fully saturated rings. The van der Waals surface area contributed by atoms with Gasteiger partial charge in [0, 0.05) is 72.7 Å². The fourth-order valence-electron chi connectivity index (χ4n) is 5.16. The lowest BCUT2D eigenvalue weighted by Gasteiger charge is -2.40. The van der Waals surface area contributed by atoms with Crippen molar-refractivity contribution >= 4 is 23.4 Å². The molecule has 2 heterocycles. The summed E-state index contributed by atoms with van der Waals surface area (Å²) in [5, 5.41) is 10.9. The zero-order valence-electron chi connectivity index (χ0n) is 45.0. The molecular weight excluding hydrogens is 710 g/mol. The highest BCUT2D eigenvalue weighted by Gasteiger charge is 2.33. The van der Waals surface area contributed by atoms with Gasteiger partial charge in [0.05, 0.1) is 29.5 Å². The summed E-state index contributed by atoms with van der Waals surface area (Å²) in [6.45, 7) is -16.8. The minimum absolute atomic E-state index is 0.134. The minimum atomic E-state index is -4.70. The predicted molar refractivity (Wildman–Crippen MR) is 198 cm³/mol. The van der Waals surface area contributed by atoms with E-state index in [-0.39, 0.29) is 27.2 Å². The number of ether oxygens (including phenoxy) is 1. The Kier molecular flexibility index (Phi) is 7.06. The standard InChI is InChI=1S/C41H42F5N3O3S/c1-27-6-15-36-34(22-27)37(50)23-39(53-26-31-4-3-5-35(42)40(31)43)49(36)25-38(51)48(33-16-18-47(19-17-33)20-21-52-2)24-28-7-9-29(10-8-28)30-11-13-32(14-12-30)41(44,45)46/h3-15,22-23,33,37,50H,16-21,24-26H2,1-2H3/i6D,15D,16D2,17D2,18D2,19D2,21D2,22D,23D,24D2,33D. The molecule has 0 aliphatic carbocycles. The number of likely N-dealkylation sites (tertiary alicyclic amines) is 1. The Labute approximate surface area is 334 Å². The van der Waals surface area contributed by atoms with Gasteiger partial charge in [0.25, 0.3) is 0 Å². The minimum Gasteiger partial charge on any atom is -0.384 e. The highest BCUT2D eigenvalue weighted by Crippen LogP contribution is 2.41. The van der Waals surface area contributed by atoms with Crippen LogP contribution in [-0.4, -0.2) is 66.6 Å². The number of nitrogens with zero attached hydrogens (tertiary/aromatic N) is 3. The summed E-state index contributed by atoms with van der Waals surface area (Å²) in [4.78, 5) is 15.5. The first kappa shape index (κ1) is 22.2. The first-order valence-electron chi connectivity index (χ1n) is 24.2. The Bertz CT molecular complexity index is 2700. The van der Waals surface area contributed by atoms with E-state index in [1.807, 2.05) is 0 Å². The van der Waals surface area contributed by atoms with Crippen LogP contribution in [0.3, 0.4) is 0 Å². The lowest BCUT2D eigenvalue weighted by Crippen LogP contribution is -2.50. The normalized spacial score (nSPS) is 26.5. The van der Waals surface area contributed by atoms with Crippen molar-refractivity contribution in [2.45, 2.75) is 50.2 Å². The quantitative estimate of drug-likeness (QED) is 0.146. The van der Waals surface area contributed by atoms with Crippen LogP contribution in [0.1, 0.15) is 70.0 Å². The van der Waals surface area contributed by atoms with Gasteiger partial charge in [-0.1, -0.05) is 66.2 Å². The van der Waals surface area contributed by atoms with Gasteiger partial charge < -0.3 is 24.5 Å². The molecule has 0 bridgehead atoms. The molecule has 6 rings (SSSR count). The summed E-state index contributed by atoms with van der Waals surface area (Å²) in [5.74, 6) is -5.17. The second-order valence-electron chi connectivity index (χ2n) is 11.5. The third-order valence-electron chi connectivity index (χ3n) is 7.81. The van der Waals surface area contributed by atoms with E-state index >= 15 is 9.18 Å². The second kappa shape index (κ2) is 16.8. The molecular formula is C41H42F5N3O3S. The van der Waals surface area contributed by atoms with E-state index in [0.717, 1.165) is 73.8 Å². The Balaban J connectivity index is 1.61. The fourth-order valence-corrected chi connectivity index (χ4v) is 6.18. The number of fused-ring (bicyclic) bond motifs is 1. The number of benzene rings is 4. The lowest BCUT2D eigenvalue weighted by molar-refractivity contribution is -0.137. The first-order valence-corrected chi connectivity index (χ1v) is 16.7. The molecule has 1 amide bonds. The van der Waals surface area contributed by atoms with Gasteiger partial charge in [0.2, 0.25) is 5.91 Å². The summed E-state index contributed by atoms with van der Waals surface area (Å²) in [7, 11) is 0.789. The second-order valence-corrected chi connectivity index (χ2v) is 12.4. The number of aliphatic hydroxyl groups is 1. The monoisotopic (exact) mass is 768 g/mol. The van der Waals surface area contributed by atoms with Crippen molar-refractivity contribution in [2.24, 2.45) is 0 Å². The molecule has 4 aromatic carbocycles. The number of hydrogen-bond donors (Lipinski definition) is 1. The van der Waals surface area contributed by atoms with Crippen LogP contribution in [-0.2, 0) is 28.0 Å². The van der Waals surface area contributed by atoms with Crippen molar-refractivity contribution in [1.29, 1.82) is 0 Å². The van der Waals surface area contributed by atoms with Crippen LogP contribution in [0.25, 0.3) is 11.1 Å². The van der Waals surface area contributed by atoms with Crippen LogP contribution in [0.4, 0.5) is 27.6 Å². The van der Waals surface area contributed by atoms with Crippen molar-refractivity contribution in [3.05, 3.63) is 135 Å². The zero-order chi connectivity index (χ0) is 52.9. The number of aliphatic hydroxyl groups excluding tert-OH is 1. The van der Waals surface area contributed by atoms with Crippen LogP contribution in [0, 0.1) is 18.6 Å². The van der Waals surface area contributed by atoms with Crippen molar-refractivity contribution in [2.75, 3.05) is 44.7 Å². The van der Waals surface area contributed by atoms with E-state index in [9.17, 15) is 32.3 Å². The number of piperidine rings is 1. The molecule has 1 unspecified atom stereocenters. The molecule has 0 radical (unpaired) electrons. The largest absolute Gasteiger partial charge is 0.416 e. The van der Waals surface area contributed by atoms with Gasteiger partial charge in [-0.2, -0.15) is 13.2 Å². The van der Waals surface area contributed by atoms with Gasteiger partial charge in [-0.3, -0.25) is 4.79 Å². The van der Waals surface area contributed by atoms with Crippen molar-refractivity contribution in [3.63, 3.8) is 0 Å². The molecule has 280 valence electrons. The average molecular weight is 769 g/mol. The number of rotatable bonds is 12. The van der Waals surface area contributed by atoms with Gasteiger partial charge in [-0.15, -0.1) is 11.8 Å². The maximum atomic E-state index is 15.5. The van der Waals surface area contributed by atoms with Crippen molar-refractivity contribution < 1.29 is 59.9 Å². The maximum absolute atomic E-state index is 15.5. The van der Waals surface area contributed by atoms with Crippen LogP contribution >= 0.6 is 11.8 Å². The molecule has 0 aromatic heterocycles. The smallest absolute Gasteiger partial charge is 0.384 e. The third-order valence-corrected chi connectivity index (χ3v) is 8.88. The van der Waals surface area contributed by atoms with Crippen molar-refractivity contribution in [3.8, 4) is 11.1 Å². The topological polar surface area (TPSA) is 56.3 Å². The number of carbonyl (C=O) groups excluding carboxylic acids is 1. The van der Waals surface area contributed by atoms with Crippen LogP contribution in [0.5, 0.6) is 0 Å². The van der Waals surface area contributed by atoms with Gasteiger partial charge in [-0.05, 0) is 66.7 Å². The molecule has 6 nitrogen and oxygen atoms in total. The number of thioether (sulfide) groups is 1. The predicted octanol–water partition coefficient (Wildman–Crippen LogP) is 8.73. The highest BCUT2D eigenvalue weighted by atomic mass is 32.2. The Hall–Kier alpha value is -4.23. The summed E-state index contributed by atoms with van der Waals surface area (Å²) in [6, 6.07) is 3.41. The molecule has 0 spiro atoms. The summed E-state index contributed by atoms with van der Waals surface area (Å²) in [5.41, 5.74) is -3.23. The first-order chi connectivity index (χ1) is 32.0. The third kappa shape index (κ3) is 9.29. The Morgan fingerprint density at radius 2 is 1.75 bits per heavy atom. The molecule has 1 N–H and O–H groups in total. The van der Waals surface area contributed by atoms with E-state index in [0.29, 0.717) is 16.7 Å². The van der Waals surface area contributed by atoms with E-state index in [1.165, 1.54) is 6.92 Å². The maximum Gasteiger partial charge on any atom is 0.416 e. The summed E-state index contributed by atoms with van der Waals surface area (Å²) >= 11 is 0.432. The van der Waals surface area contributed by atoms with Crippen LogP contribution < -0.4 is 4.90 Å². The average Bonchev–Trinajstić information content (AvgIpc) is 3.28. The number of alkyl halides is 3. The number of hydrogen-bond acceptors (Lipinski definition) is 6. The Morgan fingerprint density at radius 1 is 1.08 bits per heavy atom. The molecule has 2 aliphatic rings. The molecule has 0 saturated carbocycles. The fraction of sp³-hybridized carbons (Fsp3) is 0.341. The van der Waals surface area contributed by atoms with Crippen LogP contribution in [0.2, 0.25) is 0 Å². The molecule has 12 heteroatoms. The van der Waals surface area contributed by atoms with E-state index in [1.54, 1.807) is 0 Å². The summed E-state index contributed by atoms with van der Waals surface area (Å²) in [6.07, 6.45) is -15.5. The Morgan fingerprint density at radius 3 is 2.42 bits per heavy atom. The van der Waals surface area contributed by atoms with Crippen LogP contribution in [0.15, 0.2) is 95.9 Å². The summed E-state index contributed by atoms with van der Waals surface area (Å²) < 4.78 is 228. The van der Waals surface area contributed by atoms with E-state index in [2.05, 4.69) is 4.74 Å². The van der Waals surface area contributed by atoms with Crippen molar-refractivity contribution in [1.82, 2.24) is 9.80 Å². The zero-order valence-corrected chi connectivity index (χ0v) is 28.8. The molecule has 1 atom stereocenters. The SMILES string of the molecule is [2H]C1=C(SCc2cccc(F)c2F)N(CC(=O)N(C([2H])([2H])c2ccc(-c3ccc(C(F)(F)F)cc3)cc2)C2([2H])C([2H])([2H])C([2H])([2H])N(CC([2H])([2H])OC)C([2H])([2H])C2([2H])[2H])c2c([2H])c([2H])c(C)c([2H])c2C1O. The number of amides is 1. The number of carbonyl (C=O) groups is 1. The van der Waals surface area contributed by atoms with Gasteiger partial charge in [0.15, 0.2) is 11.6 Å². The molecule has 53 heavy (non-hydrogen) atoms. The van der Waals surface area contributed by atoms with E-state index < -0.39 is 150 Å². The molecule has 2 aliphatic heterocycles. The highest BCUT2D eigenvalue weighted by molar-refractivity contribution is 8.02. The lowest BCUT2D eigenvalue weighted by atomic mass is 9.99.